The molecule has 2 nitrogen and oxygen atoms in total. The van der Waals surface area contributed by atoms with Gasteiger partial charge in [0, 0.05) is 6.04 Å². The summed E-state index contributed by atoms with van der Waals surface area (Å²) in [6.07, 6.45) is 8.50. The standard InChI is InChI=1S/C17H22ClNO/c18-16(17(20)19-15-4-2-1-3-5-15)14-10-8-13(9-11-14)12-6-7-12/h8-12,15-16H,1-7H2,(H,19,20). The molecule has 1 atom stereocenters. The average Bonchev–Trinajstić information content (AvgIpc) is 3.32. The van der Waals surface area contributed by atoms with Gasteiger partial charge in [-0.3, -0.25) is 4.79 Å². The highest BCUT2D eigenvalue weighted by atomic mass is 35.5. The first kappa shape index (κ1) is 13.9. The van der Waals surface area contributed by atoms with Crippen molar-refractivity contribution in [3.05, 3.63) is 35.4 Å². The number of nitrogens with one attached hydrogen (secondary N) is 1. The van der Waals surface area contributed by atoms with Crippen LogP contribution < -0.4 is 5.32 Å². The summed E-state index contributed by atoms with van der Waals surface area (Å²) in [4.78, 5) is 12.2. The molecule has 0 bridgehead atoms. The van der Waals surface area contributed by atoms with Crippen LogP contribution in [0, 0.1) is 0 Å². The zero-order chi connectivity index (χ0) is 13.9. The third kappa shape index (κ3) is 3.35. The molecule has 2 aliphatic rings. The van der Waals surface area contributed by atoms with Gasteiger partial charge in [-0.15, -0.1) is 11.6 Å². The molecule has 3 heteroatoms. The molecule has 2 fully saturated rings. The van der Waals surface area contributed by atoms with Crippen molar-refractivity contribution >= 4 is 17.5 Å². The van der Waals surface area contributed by atoms with Crippen LogP contribution in [-0.4, -0.2) is 11.9 Å². The van der Waals surface area contributed by atoms with Crippen LogP contribution in [0.3, 0.4) is 0 Å². The van der Waals surface area contributed by atoms with Crippen LogP contribution >= 0.6 is 11.6 Å². The van der Waals surface area contributed by atoms with E-state index in [0.717, 1.165) is 24.3 Å². The van der Waals surface area contributed by atoms with Crippen LogP contribution in [0.25, 0.3) is 0 Å². The Morgan fingerprint density at radius 3 is 2.30 bits per heavy atom. The molecule has 3 rings (SSSR count). The Labute approximate surface area is 125 Å². The molecule has 1 aromatic rings. The second kappa shape index (κ2) is 6.17. The first-order valence-electron chi connectivity index (χ1n) is 7.78. The third-order valence-corrected chi connectivity index (χ3v) is 4.91. The molecular weight excluding hydrogens is 270 g/mol. The molecule has 0 aliphatic heterocycles. The highest BCUT2D eigenvalue weighted by Crippen LogP contribution is 2.40. The average molecular weight is 292 g/mol. The van der Waals surface area contributed by atoms with Crippen LogP contribution in [0.4, 0.5) is 0 Å². The Balaban J connectivity index is 1.58. The van der Waals surface area contributed by atoms with Crippen molar-refractivity contribution in [1.82, 2.24) is 5.32 Å². The number of hydrogen-bond acceptors (Lipinski definition) is 1. The van der Waals surface area contributed by atoms with E-state index in [1.807, 2.05) is 12.1 Å². The fraction of sp³-hybridized carbons (Fsp3) is 0.588. The minimum absolute atomic E-state index is 0.0438. The predicted octanol–water partition coefficient (Wildman–Crippen LogP) is 4.29. The Bertz CT molecular complexity index is 460. The molecule has 108 valence electrons. The molecule has 0 spiro atoms. The first-order valence-corrected chi connectivity index (χ1v) is 8.22. The number of carbonyl (C=O) groups is 1. The molecule has 0 saturated heterocycles. The third-order valence-electron chi connectivity index (χ3n) is 4.46. The molecule has 0 aromatic heterocycles. The number of amides is 1. The van der Waals surface area contributed by atoms with E-state index in [-0.39, 0.29) is 5.91 Å². The molecule has 2 aliphatic carbocycles. The summed E-state index contributed by atoms with van der Waals surface area (Å²) in [5.41, 5.74) is 2.29. The lowest BCUT2D eigenvalue weighted by molar-refractivity contribution is -0.121. The van der Waals surface area contributed by atoms with Crippen LogP contribution in [0.15, 0.2) is 24.3 Å². The Morgan fingerprint density at radius 1 is 1.05 bits per heavy atom. The Hall–Kier alpha value is -1.02. The topological polar surface area (TPSA) is 29.1 Å². The van der Waals surface area contributed by atoms with Crippen molar-refractivity contribution in [3.8, 4) is 0 Å². The fourth-order valence-electron chi connectivity index (χ4n) is 3.03. The van der Waals surface area contributed by atoms with E-state index in [1.165, 1.54) is 37.7 Å². The van der Waals surface area contributed by atoms with Crippen LogP contribution in [0.1, 0.15) is 67.4 Å². The summed E-state index contributed by atoms with van der Waals surface area (Å²) in [5, 5.41) is 2.53. The van der Waals surface area contributed by atoms with E-state index >= 15 is 0 Å². The van der Waals surface area contributed by atoms with Gasteiger partial charge < -0.3 is 5.32 Å². The highest BCUT2D eigenvalue weighted by molar-refractivity contribution is 6.30. The second-order valence-corrected chi connectivity index (χ2v) is 6.58. The number of alkyl halides is 1. The van der Waals surface area contributed by atoms with Crippen molar-refractivity contribution in [3.63, 3.8) is 0 Å². The molecule has 0 heterocycles. The van der Waals surface area contributed by atoms with Crippen molar-refractivity contribution in [1.29, 1.82) is 0 Å². The van der Waals surface area contributed by atoms with Crippen molar-refractivity contribution in [2.24, 2.45) is 0 Å². The quantitative estimate of drug-likeness (QED) is 0.824. The maximum atomic E-state index is 12.2. The van der Waals surface area contributed by atoms with Crippen molar-refractivity contribution in [2.75, 3.05) is 0 Å². The van der Waals surface area contributed by atoms with Crippen LogP contribution in [-0.2, 0) is 4.79 Å². The Kier molecular flexibility index (Phi) is 4.30. The van der Waals surface area contributed by atoms with Gasteiger partial charge in [0.05, 0.1) is 0 Å². The van der Waals surface area contributed by atoms with Gasteiger partial charge in [-0.2, -0.15) is 0 Å². The zero-order valence-electron chi connectivity index (χ0n) is 11.8. The molecule has 20 heavy (non-hydrogen) atoms. The molecular formula is C17H22ClNO. The maximum absolute atomic E-state index is 12.2. The molecule has 1 amide bonds. The Morgan fingerprint density at radius 2 is 1.70 bits per heavy atom. The summed E-state index contributed by atoms with van der Waals surface area (Å²) in [6, 6.07) is 8.58. The monoisotopic (exact) mass is 291 g/mol. The fourth-order valence-corrected chi connectivity index (χ4v) is 3.23. The zero-order valence-corrected chi connectivity index (χ0v) is 12.5. The smallest absolute Gasteiger partial charge is 0.242 e. The van der Waals surface area contributed by atoms with Crippen molar-refractivity contribution < 1.29 is 4.79 Å². The maximum Gasteiger partial charge on any atom is 0.242 e. The normalized spacial score (nSPS) is 21.4. The number of rotatable bonds is 4. The van der Waals surface area contributed by atoms with E-state index in [4.69, 9.17) is 11.6 Å². The van der Waals surface area contributed by atoms with Gasteiger partial charge >= 0.3 is 0 Å². The minimum Gasteiger partial charge on any atom is -0.352 e. The molecule has 2 saturated carbocycles. The number of carbonyl (C=O) groups excluding carboxylic acids is 1. The number of hydrogen-bond donors (Lipinski definition) is 1. The molecule has 1 unspecified atom stereocenters. The lowest BCUT2D eigenvalue weighted by Crippen LogP contribution is -2.38. The highest BCUT2D eigenvalue weighted by Gasteiger charge is 2.25. The number of halogens is 1. The lowest BCUT2D eigenvalue weighted by Gasteiger charge is -2.24. The van der Waals surface area contributed by atoms with E-state index < -0.39 is 5.38 Å². The second-order valence-electron chi connectivity index (χ2n) is 6.15. The van der Waals surface area contributed by atoms with E-state index in [2.05, 4.69) is 17.4 Å². The molecule has 1 aromatic carbocycles. The van der Waals surface area contributed by atoms with Crippen LogP contribution in [0.2, 0.25) is 0 Å². The van der Waals surface area contributed by atoms with Gasteiger partial charge in [-0.05, 0) is 42.7 Å². The molecule has 0 radical (unpaired) electrons. The van der Waals surface area contributed by atoms with Gasteiger partial charge in [0.2, 0.25) is 5.91 Å². The summed E-state index contributed by atoms with van der Waals surface area (Å²) < 4.78 is 0. The first-order chi connectivity index (χ1) is 9.74. The van der Waals surface area contributed by atoms with E-state index in [9.17, 15) is 4.79 Å². The molecule has 1 N–H and O–H groups in total. The van der Waals surface area contributed by atoms with Crippen LogP contribution in [0.5, 0.6) is 0 Å². The van der Waals surface area contributed by atoms with Gasteiger partial charge in [0.25, 0.3) is 0 Å². The van der Waals surface area contributed by atoms with Crippen molar-refractivity contribution in [2.45, 2.75) is 62.3 Å². The number of benzene rings is 1. The van der Waals surface area contributed by atoms with Gasteiger partial charge in [-0.25, -0.2) is 0 Å². The summed E-state index contributed by atoms with van der Waals surface area (Å²) in [5.74, 6) is 0.701. The largest absolute Gasteiger partial charge is 0.352 e. The van der Waals surface area contributed by atoms with Gasteiger partial charge in [-0.1, -0.05) is 43.5 Å². The lowest BCUT2D eigenvalue weighted by atomic mass is 9.95. The minimum atomic E-state index is -0.565. The van der Waals surface area contributed by atoms with Gasteiger partial charge in [0.15, 0.2) is 0 Å². The summed E-state index contributed by atoms with van der Waals surface area (Å²) in [6.45, 7) is 0. The van der Waals surface area contributed by atoms with E-state index in [0.29, 0.717) is 6.04 Å². The summed E-state index contributed by atoms with van der Waals surface area (Å²) in [7, 11) is 0. The van der Waals surface area contributed by atoms with E-state index in [1.54, 1.807) is 0 Å². The SMILES string of the molecule is O=C(NC1CCCCC1)C(Cl)c1ccc(C2CC2)cc1. The van der Waals surface area contributed by atoms with Gasteiger partial charge in [0.1, 0.15) is 5.38 Å². The predicted molar refractivity (Wildman–Crippen MR) is 82.0 cm³/mol. The summed E-state index contributed by atoms with van der Waals surface area (Å²) >= 11 is 6.31.